The van der Waals surface area contributed by atoms with E-state index in [0.29, 0.717) is 34.2 Å². The molecule has 144 valence electrons. The molecule has 0 N–H and O–H groups in total. The van der Waals surface area contributed by atoms with Crippen LogP contribution in [0.3, 0.4) is 0 Å². The van der Waals surface area contributed by atoms with E-state index < -0.39 is 0 Å². The quantitative estimate of drug-likeness (QED) is 0.460. The normalized spacial score (nSPS) is 11.4. The summed E-state index contributed by atoms with van der Waals surface area (Å²) >= 11 is 0. The second-order valence-corrected chi connectivity index (χ2v) is 6.68. The van der Waals surface area contributed by atoms with Crippen LogP contribution in [-0.2, 0) is 6.54 Å². The van der Waals surface area contributed by atoms with E-state index in [2.05, 4.69) is 9.97 Å². The monoisotopic (exact) mass is 387 g/mol. The Morgan fingerprint density at radius 1 is 1.07 bits per heavy atom. The van der Waals surface area contributed by atoms with E-state index in [1.165, 1.54) is 10.9 Å². The molecule has 0 aliphatic heterocycles. The third kappa shape index (κ3) is 2.79. The molecule has 0 aliphatic rings. The largest absolute Gasteiger partial charge is 0.496 e. The fourth-order valence-electron chi connectivity index (χ4n) is 3.40. The molecule has 0 unspecified atom stereocenters. The number of rotatable bonds is 4. The van der Waals surface area contributed by atoms with Crippen LogP contribution in [0.4, 0.5) is 0 Å². The van der Waals surface area contributed by atoms with Gasteiger partial charge in [0.25, 0.3) is 5.56 Å². The number of fused-ring (bicyclic) bond motifs is 3. The molecule has 0 spiro atoms. The first-order chi connectivity index (χ1) is 14.2. The van der Waals surface area contributed by atoms with E-state index >= 15 is 0 Å². The highest BCUT2D eigenvalue weighted by atomic mass is 16.5. The van der Waals surface area contributed by atoms with Crippen molar-refractivity contribution in [3.63, 3.8) is 0 Å². The van der Waals surface area contributed by atoms with Crippen LogP contribution < -0.4 is 10.3 Å². The van der Waals surface area contributed by atoms with E-state index in [4.69, 9.17) is 13.6 Å². The first-order valence-corrected chi connectivity index (χ1v) is 9.12. The highest BCUT2D eigenvalue weighted by molar-refractivity contribution is 6.01. The van der Waals surface area contributed by atoms with E-state index in [1.54, 1.807) is 7.11 Å². The first-order valence-electron chi connectivity index (χ1n) is 9.12. The Bertz CT molecular complexity index is 1410. The molecule has 2 aromatic carbocycles. The molecule has 0 bridgehead atoms. The van der Waals surface area contributed by atoms with Gasteiger partial charge in [0.05, 0.1) is 25.5 Å². The van der Waals surface area contributed by atoms with E-state index in [-0.39, 0.29) is 17.7 Å². The summed E-state index contributed by atoms with van der Waals surface area (Å²) in [7, 11) is 1.60. The van der Waals surface area contributed by atoms with Gasteiger partial charge < -0.3 is 13.6 Å². The molecular weight excluding hydrogens is 370 g/mol. The number of para-hydroxylation sites is 2. The van der Waals surface area contributed by atoms with Crippen LogP contribution in [0.25, 0.3) is 33.5 Å². The summed E-state index contributed by atoms with van der Waals surface area (Å²) in [5.74, 6) is 1.74. The number of hydrogen-bond acceptors (Lipinski definition) is 6. The Labute approximate surface area is 165 Å². The number of aryl methyl sites for hydroxylation is 1. The van der Waals surface area contributed by atoms with Crippen LogP contribution in [0.1, 0.15) is 11.5 Å². The lowest BCUT2D eigenvalue weighted by molar-refractivity contribution is 0.414. The number of oxazole rings is 1. The fourth-order valence-corrected chi connectivity index (χ4v) is 3.40. The third-order valence-electron chi connectivity index (χ3n) is 4.90. The van der Waals surface area contributed by atoms with E-state index in [1.807, 2.05) is 55.5 Å². The highest BCUT2D eigenvalue weighted by Gasteiger charge is 2.18. The van der Waals surface area contributed by atoms with Gasteiger partial charge >= 0.3 is 0 Å². The molecule has 7 nitrogen and oxygen atoms in total. The minimum atomic E-state index is -0.257. The second-order valence-electron chi connectivity index (χ2n) is 6.68. The molecule has 5 aromatic rings. The maximum absolute atomic E-state index is 12.9. The fraction of sp³-hybridized carbons (Fsp3) is 0.136. The lowest BCUT2D eigenvalue weighted by atomic mass is 10.2. The maximum atomic E-state index is 12.9. The second kappa shape index (κ2) is 6.63. The van der Waals surface area contributed by atoms with Gasteiger partial charge in [0.1, 0.15) is 28.3 Å². The van der Waals surface area contributed by atoms with Gasteiger partial charge in [-0.1, -0.05) is 24.3 Å². The van der Waals surface area contributed by atoms with Crippen molar-refractivity contribution in [3.8, 4) is 17.2 Å². The van der Waals surface area contributed by atoms with E-state index in [9.17, 15) is 4.79 Å². The van der Waals surface area contributed by atoms with E-state index in [0.717, 1.165) is 10.9 Å². The number of aromatic nitrogens is 3. The Kier molecular flexibility index (Phi) is 3.94. The first kappa shape index (κ1) is 17.2. The zero-order valence-electron chi connectivity index (χ0n) is 15.9. The number of methoxy groups -OCH3 is 1. The van der Waals surface area contributed by atoms with Gasteiger partial charge in [0, 0.05) is 5.39 Å². The smallest absolute Gasteiger partial charge is 0.297 e. The number of ether oxygens (including phenoxy) is 1. The summed E-state index contributed by atoms with van der Waals surface area (Å²) in [5.41, 5.74) is 2.58. The zero-order valence-corrected chi connectivity index (χ0v) is 15.9. The molecule has 29 heavy (non-hydrogen) atoms. The third-order valence-corrected chi connectivity index (χ3v) is 4.90. The van der Waals surface area contributed by atoms with Crippen LogP contribution in [-0.4, -0.2) is 21.6 Å². The van der Waals surface area contributed by atoms with Crippen LogP contribution >= 0.6 is 0 Å². The predicted molar refractivity (Wildman–Crippen MR) is 108 cm³/mol. The predicted octanol–water partition coefficient (Wildman–Crippen LogP) is 4.16. The Balaban J connectivity index is 1.56. The Morgan fingerprint density at radius 2 is 1.86 bits per heavy atom. The summed E-state index contributed by atoms with van der Waals surface area (Å²) in [6.45, 7) is 2.04. The minimum Gasteiger partial charge on any atom is -0.496 e. The number of furan rings is 1. The Hall–Kier alpha value is -3.87. The molecule has 0 aliphatic carbocycles. The van der Waals surface area contributed by atoms with Gasteiger partial charge in [-0.25, -0.2) is 9.97 Å². The van der Waals surface area contributed by atoms with Gasteiger partial charge in [-0.05, 0) is 31.2 Å². The van der Waals surface area contributed by atoms with Gasteiger partial charge in [-0.15, -0.1) is 0 Å². The average molecular weight is 387 g/mol. The summed E-state index contributed by atoms with van der Waals surface area (Å²) in [5, 5.41) is 0.822. The molecule has 3 heterocycles. The van der Waals surface area contributed by atoms with Crippen molar-refractivity contribution in [1.82, 2.24) is 14.5 Å². The summed E-state index contributed by atoms with van der Waals surface area (Å²) < 4.78 is 18.4. The average Bonchev–Trinajstić information content (AvgIpc) is 3.31. The van der Waals surface area contributed by atoms with Gasteiger partial charge in [0.2, 0.25) is 11.5 Å². The molecule has 5 rings (SSSR count). The van der Waals surface area contributed by atoms with Crippen molar-refractivity contribution in [1.29, 1.82) is 0 Å². The lowest BCUT2D eigenvalue weighted by Crippen LogP contribution is -2.21. The molecule has 7 heteroatoms. The van der Waals surface area contributed by atoms with Crippen LogP contribution in [0.15, 0.2) is 68.5 Å². The van der Waals surface area contributed by atoms with Crippen molar-refractivity contribution in [2.75, 3.05) is 7.11 Å². The van der Waals surface area contributed by atoms with Crippen LogP contribution in [0.5, 0.6) is 5.75 Å². The molecule has 0 radical (unpaired) electrons. The molecule has 0 atom stereocenters. The summed E-state index contributed by atoms with van der Waals surface area (Å²) in [4.78, 5) is 22.0. The Morgan fingerprint density at radius 3 is 2.72 bits per heavy atom. The number of nitrogens with zero attached hydrogens (tertiary/aromatic N) is 3. The maximum Gasteiger partial charge on any atom is 0.297 e. The standard InChI is InChI=1S/C22H17N3O4/c1-13-16(24-21(28-13)15-8-4-5-9-17(15)27-2)11-25-12-23-19-14-7-3-6-10-18(14)29-20(19)22(25)26/h3-10,12H,11H2,1-2H3. The lowest BCUT2D eigenvalue weighted by Gasteiger charge is -2.04. The molecule has 0 saturated heterocycles. The minimum absolute atomic E-state index is 0.225. The highest BCUT2D eigenvalue weighted by Crippen LogP contribution is 2.30. The van der Waals surface area contributed by atoms with Crippen molar-refractivity contribution in [2.24, 2.45) is 0 Å². The summed E-state index contributed by atoms with van der Waals surface area (Å²) in [6.07, 6.45) is 1.52. The van der Waals surface area contributed by atoms with Crippen molar-refractivity contribution in [2.45, 2.75) is 13.5 Å². The zero-order chi connectivity index (χ0) is 20.0. The van der Waals surface area contributed by atoms with Crippen molar-refractivity contribution < 1.29 is 13.6 Å². The topological polar surface area (TPSA) is 83.3 Å². The number of hydrogen-bond donors (Lipinski definition) is 0. The molecular formula is C22H17N3O4. The summed E-state index contributed by atoms with van der Waals surface area (Å²) in [6, 6.07) is 15.0. The SMILES string of the molecule is COc1ccccc1-c1nc(Cn2cnc3c(oc4ccccc43)c2=O)c(C)o1. The molecule has 3 aromatic heterocycles. The molecule has 0 saturated carbocycles. The molecule has 0 amide bonds. The van der Waals surface area contributed by atoms with Crippen molar-refractivity contribution in [3.05, 3.63) is 76.7 Å². The van der Waals surface area contributed by atoms with Crippen molar-refractivity contribution >= 4 is 22.1 Å². The van der Waals surface area contributed by atoms with Gasteiger partial charge in [-0.2, -0.15) is 0 Å². The van der Waals surface area contributed by atoms with Crippen LogP contribution in [0, 0.1) is 6.92 Å². The molecule has 0 fully saturated rings. The van der Waals surface area contributed by atoms with Crippen LogP contribution in [0.2, 0.25) is 0 Å². The van der Waals surface area contributed by atoms with Gasteiger partial charge in [0.15, 0.2) is 0 Å². The number of benzene rings is 2. The van der Waals surface area contributed by atoms with Gasteiger partial charge in [-0.3, -0.25) is 9.36 Å².